The van der Waals surface area contributed by atoms with Gasteiger partial charge in [0, 0.05) is 12.1 Å². The molecule has 0 aliphatic carbocycles. The van der Waals surface area contributed by atoms with E-state index in [9.17, 15) is 62.3 Å². The van der Waals surface area contributed by atoms with Crippen LogP contribution in [0.3, 0.4) is 0 Å². The fourth-order valence-electron chi connectivity index (χ4n) is 4.39. The minimum atomic E-state index is -5.95. The summed E-state index contributed by atoms with van der Waals surface area (Å²) in [6.45, 7) is 5.44. The molecule has 0 saturated carbocycles. The molecule has 1 aliphatic heterocycles. The van der Waals surface area contributed by atoms with Crippen molar-refractivity contribution in [3.63, 3.8) is 0 Å². The highest BCUT2D eigenvalue weighted by Crippen LogP contribution is 2.39. The van der Waals surface area contributed by atoms with Crippen LogP contribution in [0.15, 0.2) is 0 Å². The lowest BCUT2D eigenvalue weighted by Crippen LogP contribution is -2.67. The number of halogens is 14. The first-order valence-electron chi connectivity index (χ1n) is 13.1. The van der Waals surface area contributed by atoms with E-state index in [2.05, 4.69) is 9.47 Å². The van der Waals surface area contributed by atoms with Crippen molar-refractivity contribution in [2.75, 3.05) is 13.2 Å². The number of hydrogen-bond donors (Lipinski definition) is 0. The minimum absolute atomic E-state index is 0.745. The minimum Gasteiger partial charge on any atom is -0.444 e. The molecule has 1 heterocycles. The molecule has 0 spiro atoms. The van der Waals surface area contributed by atoms with Crippen molar-refractivity contribution in [3.8, 4) is 0 Å². The highest BCUT2D eigenvalue weighted by atomic mass is 35.5. The van der Waals surface area contributed by atoms with Gasteiger partial charge >= 0.3 is 70.9 Å². The van der Waals surface area contributed by atoms with Crippen molar-refractivity contribution < 1.29 is 97.7 Å². The zero-order valence-corrected chi connectivity index (χ0v) is 31.0. The molecule has 2 atom stereocenters. The van der Waals surface area contributed by atoms with E-state index >= 15 is 0 Å². The zero-order chi connectivity index (χ0) is 37.9. The van der Waals surface area contributed by atoms with Crippen molar-refractivity contribution in [1.29, 1.82) is 0 Å². The molecule has 2 unspecified atom stereocenters. The topological polar surface area (TPSA) is 108 Å². The summed E-state index contributed by atoms with van der Waals surface area (Å²) in [5.74, 6) is -3.60. The molecule has 0 aromatic rings. The molecule has 1 fully saturated rings. The molecule has 1 aliphatic rings. The molecule has 28 heteroatoms. The smallest absolute Gasteiger partial charge is 0.423 e. The average Bonchev–Trinajstić information content (AvgIpc) is 2.71. The summed E-state index contributed by atoms with van der Waals surface area (Å²) in [5.41, 5.74) is -3.91. The summed E-state index contributed by atoms with van der Waals surface area (Å²) in [5, 5.41) is 0. The first kappa shape index (κ1) is 45.3. The highest BCUT2D eigenvalue weighted by molar-refractivity contribution is 6.93. The van der Waals surface area contributed by atoms with Crippen LogP contribution in [0.5, 0.6) is 0 Å². The maximum atomic E-state index is 12.7. The van der Waals surface area contributed by atoms with Crippen molar-refractivity contribution in [3.05, 3.63) is 0 Å². The number of ether oxygens (including phenoxy) is 4. The number of carbonyl (C=O) groups is 2. The van der Waals surface area contributed by atoms with Gasteiger partial charge in [-0.15, -0.1) is 0 Å². The Kier molecular flexibility index (Phi) is 15.0. The van der Waals surface area contributed by atoms with Crippen LogP contribution in [0.1, 0.15) is 0 Å². The second-order valence-electron chi connectivity index (χ2n) is 11.3. The highest BCUT2D eigenvalue weighted by Gasteiger charge is 2.60. The lowest BCUT2D eigenvalue weighted by atomic mass is 10.3. The van der Waals surface area contributed by atoms with E-state index in [4.69, 9.17) is 49.1 Å². The standard InChI is InChI=1S/C20H30Cl2F12O10Si4/c1-45(2)41-46(3,4)43-48(44-47(5,6)42-45,9-11(21)39-13(35)7-37-15(17(23,24)25)18(26,27)28)10-12(22)40-14(36)8-38-16(19(29,30)31)20(32,33)34/h11-12,15-16H,7-10H2,1-6H3. The van der Waals surface area contributed by atoms with Gasteiger partial charge in [0.25, 0.3) is 0 Å². The van der Waals surface area contributed by atoms with Gasteiger partial charge in [0.2, 0.25) is 12.2 Å². The third-order valence-corrected chi connectivity index (χ3v) is 23.0. The molecule has 0 aromatic carbocycles. The van der Waals surface area contributed by atoms with Crippen molar-refractivity contribution in [2.45, 2.75) is 99.4 Å². The first-order chi connectivity index (χ1) is 21.1. The Morgan fingerprint density at radius 3 is 1.04 bits per heavy atom. The summed E-state index contributed by atoms with van der Waals surface area (Å²) in [6.07, 6.45) is -32.5. The van der Waals surface area contributed by atoms with Crippen LogP contribution in [-0.2, 0) is 45.0 Å². The summed E-state index contributed by atoms with van der Waals surface area (Å²) in [6, 6.07) is -1.49. The van der Waals surface area contributed by atoms with E-state index in [0.29, 0.717) is 0 Å². The first-order valence-corrected chi connectivity index (χ1v) is 24.6. The Morgan fingerprint density at radius 1 is 0.542 bits per heavy atom. The largest absolute Gasteiger partial charge is 0.444 e. The van der Waals surface area contributed by atoms with Gasteiger partial charge < -0.3 is 35.4 Å². The lowest BCUT2D eigenvalue weighted by Gasteiger charge is -2.49. The van der Waals surface area contributed by atoms with Crippen LogP contribution < -0.4 is 0 Å². The average molecular weight is 842 g/mol. The number of rotatable bonds is 12. The molecule has 1 rings (SSSR count). The molecule has 0 N–H and O–H groups in total. The summed E-state index contributed by atoms with van der Waals surface area (Å²) >= 11 is 12.2. The van der Waals surface area contributed by atoms with Gasteiger partial charge in [-0.05, 0) is 39.3 Å². The van der Waals surface area contributed by atoms with Crippen LogP contribution in [0.4, 0.5) is 52.7 Å². The van der Waals surface area contributed by atoms with Crippen molar-refractivity contribution in [2.24, 2.45) is 0 Å². The van der Waals surface area contributed by atoms with Crippen LogP contribution in [-0.4, -0.2) is 107 Å². The quantitative estimate of drug-likeness (QED) is 0.0897. The molecule has 10 nitrogen and oxygen atoms in total. The second-order valence-corrected chi connectivity index (χ2v) is 26.6. The molecule has 0 aromatic heterocycles. The molecule has 0 bridgehead atoms. The third kappa shape index (κ3) is 15.7. The van der Waals surface area contributed by atoms with Gasteiger partial charge in [-0.3, -0.25) is 0 Å². The van der Waals surface area contributed by atoms with E-state index < -0.39 is 120 Å². The summed E-state index contributed by atoms with van der Waals surface area (Å²) in [4.78, 5) is 24.3. The van der Waals surface area contributed by atoms with E-state index in [0.717, 1.165) is 0 Å². The van der Waals surface area contributed by atoms with Crippen LogP contribution in [0, 0.1) is 0 Å². The molecular formula is C20H30Cl2F12O10Si4. The zero-order valence-electron chi connectivity index (χ0n) is 25.5. The summed E-state index contributed by atoms with van der Waals surface area (Å²) in [7, 11) is -14.1. The van der Waals surface area contributed by atoms with Gasteiger partial charge in [0.05, 0.1) is 0 Å². The molecule has 284 valence electrons. The maximum Gasteiger partial charge on any atom is 0.423 e. The fraction of sp³-hybridized carbons (Fsp3) is 0.900. The van der Waals surface area contributed by atoms with E-state index in [1.165, 1.54) is 26.2 Å². The molecule has 0 radical (unpaired) electrons. The normalized spacial score (nSPS) is 21.3. The van der Waals surface area contributed by atoms with Gasteiger partial charge in [0.15, 0.2) is 11.1 Å². The Labute approximate surface area is 279 Å². The number of esters is 2. The SMILES string of the molecule is C[Si]1(C)O[Si](C)(C)O[Si](CC(Cl)OC(=O)COC(C(F)(F)F)C(F)(F)F)(CC(Cl)OC(=O)COC(C(F)(F)F)C(F)(F)F)O[Si](C)(C)O1. The van der Waals surface area contributed by atoms with E-state index in [1.54, 1.807) is 13.1 Å². The Morgan fingerprint density at radius 2 is 0.792 bits per heavy atom. The third-order valence-electron chi connectivity index (χ3n) is 5.23. The number of carbonyl (C=O) groups excluding carboxylic acids is 2. The fourth-order valence-corrected chi connectivity index (χ4v) is 27.4. The second kappa shape index (κ2) is 15.9. The van der Waals surface area contributed by atoms with E-state index in [-0.39, 0.29) is 0 Å². The number of hydrogen-bond acceptors (Lipinski definition) is 10. The maximum absolute atomic E-state index is 12.7. The lowest BCUT2D eigenvalue weighted by molar-refractivity contribution is -0.321. The monoisotopic (exact) mass is 840 g/mol. The van der Waals surface area contributed by atoms with Gasteiger partial charge in [-0.25, -0.2) is 9.59 Å². The van der Waals surface area contributed by atoms with Gasteiger partial charge in [0.1, 0.15) is 13.2 Å². The predicted molar refractivity (Wildman–Crippen MR) is 147 cm³/mol. The van der Waals surface area contributed by atoms with Crippen LogP contribution in [0.2, 0.25) is 51.4 Å². The number of alkyl halides is 14. The Balaban J connectivity index is 3.26. The van der Waals surface area contributed by atoms with Gasteiger partial charge in [-0.2, -0.15) is 52.7 Å². The molecular weight excluding hydrogens is 811 g/mol. The van der Waals surface area contributed by atoms with Crippen LogP contribution in [0.25, 0.3) is 0 Å². The van der Waals surface area contributed by atoms with E-state index in [1.807, 2.05) is 0 Å². The molecule has 1 saturated heterocycles. The van der Waals surface area contributed by atoms with Crippen LogP contribution >= 0.6 is 23.2 Å². The van der Waals surface area contributed by atoms with Crippen molar-refractivity contribution in [1.82, 2.24) is 0 Å². The Bertz CT molecular complexity index is 999. The molecule has 0 amide bonds. The van der Waals surface area contributed by atoms with Crippen molar-refractivity contribution >= 4 is 69.4 Å². The predicted octanol–water partition coefficient (Wildman–Crippen LogP) is 6.85. The summed E-state index contributed by atoms with van der Waals surface area (Å²) < 4.78 is 194. The molecule has 48 heavy (non-hydrogen) atoms. The Hall–Kier alpha value is -0.692. The van der Waals surface area contributed by atoms with Gasteiger partial charge in [-0.1, -0.05) is 23.2 Å².